The van der Waals surface area contributed by atoms with Crippen LogP contribution in [0.4, 0.5) is 14.5 Å². The van der Waals surface area contributed by atoms with E-state index in [-0.39, 0.29) is 13.0 Å². The number of para-hydroxylation sites is 3. The van der Waals surface area contributed by atoms with Crippen LogP contribution in [0.25, 0.3) is 0 Å². The summed E-state index contributed by atoms with van der Waals surface area (Å²) >= 11 is 0. The number of halogens is 2. The molecule has 0 saturated heterocycles. The van der Waals surface area contributed by atoms with Crippen molar-refractivity contribution in [2.45, 2.75) is 19.8 Å². The van der Waals surface area contributed by atoms with Crippen LogP contribution in [0, 0.1) is 11.6 Å². The zero-order valence-corrected chi connectivity index (χ0v) is 13.4. The second kappa shape index (κ2) is 8.86. The number of amides is 1. The third kappa shape index (κ3) is 4.94. The molecule has 128 valence electrons. The predicted octanol–water partition coefficient (Wildman–Crippen LogP) is 4.16. The van der Waals surface area contributed by atoms with Crippen LogP contribution in [0.3, 0.4) is 0 Å². The zero-order chi connectivity index (χ0) is 17.4. The van der Waals surface area contributed by atoms with E-state index in [1.165, 1.54) is 6.07 Å². The van der Waals surface area contributed by atoms with Crippen LogP contribution in [-0.4, -0.2) is 19.1 Å². The molecule has 0 fully saturated rings. The van der Waals surface area contributed by atoms with Gasteiger partial charge in [0, 0.05) is 6.42 Å². The lowest BCUT2D eigenvalue weighted by atomic mass is 10.2. The Hall–Kier alpha value is -2.63. The van der Waals surface area contributed by atoms with Gasteiger partial charge in [-0.1, -0.05) is 18.2 Å². The molecule has 24 heavy (non-hydrogen) atoms. The van der Waals surface area contributed by atoms with Crippen molar-refractivity contribution in [2.24, 2.45) is 0 Å². The maximum atomic E-state index is 13.4. The Balaban J connectivity index is 1.79. The number of anilines is 1. The molecular formula is C18H19F2NO3. The van der Waals surface area contributed by atoms with Crippen molar-refractivity contribution in [3.05, 3.63) is 54.1 Å². The van der Waals surface area contributed by atoms with E-state index in [0.717, 1.165) is 12.1 Å². The van der Waals surface area contributed by atoms with E-state index in [1.807, 2.05) is 19.1 Å². The maximum Gasteiger partial charge on any atom is 0.224 e. The SMILES string of the molecule is CCOc1ccccc1OCCCC(=O)Nc1c(F)cccc1F. The lowest BCUT2D eigenvalue weighted by Crippen LogP contribution is -2.15. The summed E-state index contributed by atoms with van der Waals surface area (Å²) in [4.78, 5) is 11.8. The fraction of sp³-hybridized carbons (Fsp3) is 0.278. The second-order valence-electron chi connectivity index (χ2n) is 4.98. The number of carbonyl (C=O) groups excluding carboxylic acids is 1. The first-order valence-electron chi connectivity index (χ1n) is 7.70. The summed E-state index contributed by atoms with van der Waals surface area (Å²) in [5, 5.41) is 2.24. The van der Waals surface area contributed by atoms with Crippen LogP contribution in [0.15, 0.2) is 42.5 Å². The normalized spacial score (nSPS) is 10.3. The van der Waals surface area contributed by atoms with Gasteiger partial charge in [-0.15, -0.1) is 0 Å². The highest BCUT2D eigenvalue weighted by molar-refractivity contribution is 5.90. The van der Waals surface area contributed by atoms with Crippen LogP contribution in [0.2, 0.25) is 0 Å². The molecule has 0 aliphatic carbocycles. The van der Waals surface area contributed by atoms with Crippen molar-refractivity contribution in [3.8, 4) is 11.5 Å². The summed E-state index contributed by atoms with van der Waals surface area (Å²) in [7, 11) is 0. The van der Waals surface area contributed by atoms with E-state index in [0.29, 0.717) is 24.5 Å². The van der Waals surface area contributed by atoms with Crippen molar-refractivity contribution in [1.29, 1.82) is 0 Å². The van der Waals surface area contributed by atoms with Gasteiger partial charge in [0.05, 0.1) is 13.2 Å². The van der Waals surface area contributed by atoms with Gasteiger partial charge in [-0.2, -0.15) is 0 Å². The molecule has 0 aliphatic rings. The predicted molar refractivity (Wildman–Crippen MR) is 87.3 cm³/mol. The average Bonchev–Trinajstić information content (AvgIpc) is 2.57. The quantitative estimate of drug-likeness (QED) is 0.737. The molecule has 0 aliphatic heterocycles. The third-order valence-corrected chi connectivity index (χ3v) is 3.18. The van der Waals surface area contributed by atoms with Gasteiger partial charge in [-0.05, 0) is 37.6 Å². The maximum absolute atomic E-state index is 13.4. The molecule has 2 aromatic rings. The van der Waals surface area contributed by atoms with Gasteiger partial charge in [-0.25, -0.2) is 8.78 Å². The van der Waals surface area contributed by atoms with Crippen molar-refractivity contribution < 1.29 is 23.0 Å². The van der Waals surface area contributed by atoms with E-state index < -0.39 is 23.2 Å². The zero-order valence-electron chi connectivity index (χ0n) is 13.4. The van der Waals surface area contributed by atoms with Gasteiger partial charge in [0.15, 0.2) is 11.5 Å². The van der Waals surface area contributed by atoms with Gasteiger partial charge in [0.1, 0.15) is 17.3 Å². The van der Waals surface area contributed by atoms with Crippen molar-refractivity contribution in [3.63, 3.8) is 0 Å². The molecule has 0 atom stereocenters. The summed E-state index contributed by atoms with van der Waals surface area (Å²) in [6.45, 7) is 2.69. The third-order valence-electron chi connectivity index (χ3n) is 3.18. The number of hydrogen-bond donors (Lipinski definition) is 1. The number of ether oxygens (including phenoxy) is 2. The number of benzene rings is 2. The van der Waals surface area contributed by atoms with Crippen molar-refractivity contribution in [2.75, 3.05) is 18.5 Å². The number of nitrogens with one attached hydrogen (secondary N) is 1. The van der Waals surface area contributed by atoms with Crippen LogP contribution in [-0.2, 0) is 4.79 Å². The first-order chi connectivity index (χ1) is 11.6. The summed E-state index contributed by atoms with van der Waals surface area (Å²) in [6.07, 6.45) is 0.493. The summed E-state index contributed by atoms with van der Waals surface area (Å²) in [5.74, 6) is -0.839. The van der Waals surface area contributed by atoms with Crippen LogP contribution in [0.5, 0.6) is 11.5 Å². The highest BCUT2D eigenvalue weighted by Gasteiger charge is 2.11. The number of rotatable bonds is 8. The minimum Gasteiger partial charge on any atom is -0.490 e. The highest BCUT2D eigenvalue weighted by Crippen LogP contribution is 2.26. The largest absolute Gasteiger partial charge is 0.490 e. The first kappa shape index (κ1) is 17.7. The molecule has 6 heteroatoms. The Morgan fingerprint density at radius 1 is 1.00 bits per heavy atom. The van der Waals surface area contributed by atoms with Crippen LogP contribution in [0.1, 0.15) is 19.8 Å². The number of carbonyl (C=O) groups is 1. The van der Waals surface area contributed by atoms with E-state index in [2.05, 4.69) is 5.32 Å². The highest BCUT2D eigenvalue weighted by atomic mass is 19.1. The second-order valence-corrected chi connectivity index (χ2v) is 4.98. The minimum absolute atomic E-state index is 0.0879. The molecule has 2 rings (SSSR count). The summed E-state index contributed by atoms with van der Waals surface area (Å²) in [5.41, 5.74) is -0.426. The van der Waals surface area contributed by atoms with Gasteiger partial charge < -0.3 is 14.8 Å². The van der Waals surface area contributed by atoms with Crippen LogP contribution >= 0.6 is 0 Å². The molecule has 0 unspecified atom stereocenters. The first-order valence-corrected chi connectivity index (χ1v) is 7.70. The molecule has 0 spiro atoms. The Labute approximate surface area is 139 Å². The average molecular weight is 335 g/mol. The lowest BCUT2D eigenvalue weighted by molar-refractivity contribution is -0.116. The number of hydrogen-bond acceptors (Lipinski definition) is 3. The topological polar surface area (TPSA) is 47.6 Å². The van der Waals surface area contributed by atoms with Gasteiger partial charge in [0.25, 0.3) is 0 Å². The smallest absolute Gasteiger partial charge is 0.224 e. The Morgan fingerprint density at radius 3 is 2.25 bits per heavy atom. The van der Waals surface area contributed by atoms with E-state index in [4.69, 9.17) is 9.47 Å². The monoisotopic (exact) mass is 335 g/mol. The van der Waals surface area contributed by atoms with Gasteiger partial charge in [-0.3, -0.25) is 4.79 Å². The molecule has 2 aromatic carbocycles. The van der Waals surface area contributed by atoms with Crippen molar-refractivity contribution in [1.82, 2.24) is 0 Å². The fourth-order valence-electron chi connectivity index (χ4n) is 2.08. The summed E-state index contributed by atoms with van der Waals surface area (Å²) < 4.78 is 37.9. The molecule has 1 N–H and O–H groups in total. The van der Waals surface area contributed by atoms with Crippen molar-refractivity contribution >= 4 is 11.6 Å². The fourth-order valence-corrected chi connectivity index (χ4v) is 2.08. The molecule has 0 saturated carbocycles. The van der Waals surface area contributed by atoms with Crippen LogP contribution < -0.4 is 14.8 Å². The van der Waals surface area contributed by atoms with E-state index in [1.54, 1.807) is 12.1 Å². The molecule has 0 heterocycles. The molecule has 4 nitrogen and oxygen atoms in total. The standard InChI is InChI=1S/C18H19F2NO3/c1-2-23-15-9-3-4-10-16(15)24-12-6-11-17(22)21-18-13(19)7-5-8-14(18)20/h3-5,7-10H,2,6,11-12H2,1H3,(H,21,22). The molecule has 0 bridgehead atoms. The van der Waals surface area contributed by atoms with E-state index >= 15 is 0 Å². The van der Waals surface area contributed by atoms with E-state index in [9.17, 15) is 13.6 Å². The molecular weight excluding hydrogens is 316 g/mol. The molecule has 0 aromatic heterocycles. The van der Waals surface area contributed by atoms with Gasteiger partial charge in [0.2, 0.25) is 5.91 Å². The Bertz CT molecular complexity index is 671. The molecule has 1 amide bonds. The summed E-state index contributed by atoms with van der Waals surface area (Å²) in [6, 6.07) is 10.7. The Kier molecular flexibility index (Phi) is 6.54. The minimum atomic E-state index is -0.801. The van der Waals surface area contributed by atoms with Gasteiger partial charge >= 0.3 is 0 Å². The molecule has 0 radical (unpaired) electrons. The Morgan fingerprint density at radius 2 is 1.62 bits per heavy atom. The lowest BCUT2D eigenvalue weighted by Gasteiger charge is -2.11.